The third-order valence-corrected chi connectivity index (χ3v) is 6.43. The number of nitrogens with one attached hydrogen (secondary N) is 1. The van der Waals surface area contributed by atoms with E-state index in [-0.39, 0.29) is 17.2 Å². The summed E-state index contributed by atoms with van der Waals surface area (Å²) in [6.07, 6.45) is 4.19. The highest BCUT2D eigenvalue weighted by Crippen LogP contribution is 2.33. The smallest absolute Gasteiger partial charge is 0.256 e. The third-order valence-electron chi connectivity index (χ3n) is 6.43. The lowest BCUT2D eigenvalue weighted by atomic mass is 9.92. The number of anilines is 2. The number of pyridine rings is 1. The Morgan fingerprint density at radius 2 is 1.88 bits per heavy atom. The number of carbonyl (C=O) groups is 2. The molecule has 1 unspecified atom stereocenters. The minimum absolute atomic E-state index is 0.0986. The molecule has 0 saturated carbocycles. The molecule has 1 atom stereocenters. The summed E-state index contributed by atoms with van der Waals surface area (Å²) in [5.74, 6) is 0.306. The first-order chi connectivity index (χ1) is 16.0. The first-order valence-electron chi connectivity index (χ1n) is 11.5. The van der Waals surface area contributed by atoms with Crippen molar-refractivity contribution < 1.29 is 9.59 Å². The van der Waals surface area contributed by atoms with Gasteiger partial charge in [-0.05, 0) is 42.7 Å². The van der Waals surface area contributed by atoms with Gasteiger partial charge in [0.15, 0.2) is 0 Å². The van der Waals surface area contributed by atoms with E-state index < -0.39 is 5.91 Å². The highest BCUT2D eigenvalue weighted by Gasteiger charge is 2.27. The summed E-state index contributed by atoms with van der Waals surface area (Å²) in [5.41, 5.74) is 10.5. The Balaban J connectivity index is 1.52. The largest absolute Gasteiger partial charge is 0.370 e. The zero-order valence-corrected chi connectivity index (χ0v) is 20.4. The summed E-state index contributed by atoms with van der Waals surface area (Å²) in [6, 6.07) is 9.58. The van der Waals surface area contributed by atoms with E-state index in [1.807, 2.05) is 31.3 Å². The molecule has 3 N–H and O–H groups in total. The predicted molar refractivity (Wildman–Crippen MR) is 133 cm³/mol. The fourth-order valence-electron chi connectivity index (χ4n) is 4.34. The standard InChI is InChI=1S/C26H32N6O2/c1-16-6-7-17(25(34)29-23-12-22(26(2,3)4)30-31(23)5)11-21(16)18-8-9-32(15-18)20-10-19(24(27)33)13-28-14-20/h6-7,10-14,18H,8-9,15H2,1-5H3,(H2,27,33)(H,29,34). The number of nitrogens with two attached hydrogens (primary N) is 1. The van der Waals surface area contributed by atoms with Gasteiger partial charge in [-0.15, -0.1) is 0 Å². The molecule has 0 bridgehead atoms. The second-order valence-corrected chi connectivity index (χ2v) is 10.0. The zero-order valence-electron chi connectivity index (χ0n) is 20.4. The van der Waals surface area contributed by atoms with Crippen LogP contribution in [0.1, 0.15) is 70.6 Å². The van der Waals surface area contributed by atoms with Crippen LogP contribution < -0.4 is 16.0 Å². The van der Waals surface area contributed by atoms with Crippen LogP contribution in [0.5, 0.6) is 0 Å². The number of aromatic nitrogens is 3. The molecular weight excluding hydrogens is 428 g/mol. The molecule has 0 spiro atoms. The molecule has 4 rings (SSSR count). The molecule has 1 aromatic carbocycles. The molecule has 1 aliphatic heterocycles. The first kappa shape index (κ1) is 23.5. The van der Waals surface area contributed by atoms with Crippen molar-refractivity contribution in [2.24, 2.45) is 12.8 Å². The van der Waals surface area contributed by atoms with Crippen molar-refractivity contribution in [3.05, 3.63) is 70.7 Å². The summed E-state index contributed by atoms with van der Waals surface area (Å²) in [4.78, 5) is 31.0. The average molecular weight is 461 g/mol. The molecule has 0 radical (unpaired) electrons. The normalized spacial score (nSPS) is 16.0. The maximum atomic E-state index is 13.1. The second-order valence-electron chi connectivity index (χ2n) is 10.0. The van der Waals surface area contributed by atoms with Crippen molar-refractivity contribution in [1.29, 1.82) is 0 Å². The maximum absolute atomic E-state index is 13.1. The highest BCUT2D eigenvalue weighted by atomic mass is 16.2. The van der Waals surface area contributed by atoms with Gasteiger partial charge in [0.25, 0.3) is 5.91 Å². The molecule has 1 fully saturated rings. The minimum atomic E-state index is -0.484. The Morgan fingerprint density at radius 3 is 2.56 bits per heavy atom. The van der Waals surface area contributed by atoms with Crippen LogP contribution in [0.15, 0.2) is 42.7 Å². The number of rotatable bonds is 5. The van der Waals surface area contributed by atoms with E-state index >= 15 is 0 Å². The molecule has 1 saturated heterocycles. The summed E-state index contributed by atoms with van der Waals surface area (Å²) in [5, 5.41) is 7.55. The Morgan fingerprint density at radius 1 is 1.12 bits per heavy atom. The molecule has 0 aliphatic carbocycles. The van der Waals surface area contributed by atoms with E-state index in [1.165, 1.54) is 6.20 Å². The van der Waals surface area contributed by atoms with Crippen LogP contribution in [0.25, 0.3) is 0 Å². The van der Waals surface area contributed by atoms with E-state index in [0.717, 1.165) is 42.0 Å². The van der Waals surface area contributed by atoms with Crippen LogP contribution in [-0.2, 0) is 12.5 Å². The SMILES string of the molecule is Cc1ccc(C(=O)Nc2cc(C(C)(C)C)nn2C)cc1C1CCN(c2cncc(C(N)=O)c2)C1. The number of amides is 2. The predicted octanol–water partition coefficient (Wildman–Crippen LogP) is 3.77. The number of hydrogen-bond acceptors (Lipinski definition) is 5. The lowest BCUT2D eigenvalue weighted by Gasteiger charge is -2.20. The van der Waals surface area contributed by atoms with Gasteiger partial charge in [0.2, 0.25) is 5.91 Å². The fourth-order valence-corrected chi connectivity index (χ4v) is 4.34. The minimum Gasteiger partial charge on any atom is -0.370 e. The van der Waals surface area contributed by atoms with Crippen molar-refractivity contribution >= 4 is 23.3 Å². The van der Waals surface area contributed by atoms with E-state index in [1.54, 1.807) is 16.9 Å². The average Bonchev–Trinajstić information content (AvgIpc) is 3.41. The van der Waals surface area contributed by atoms with Gasteiger partial charge >= 0.3 is 0 Å². The molecule has 2 aromatic heterocycles. The van der Waals surface area contributed by atoms with Crippen molar-refractivity contribution in [1.82, 2.24) is 14.8 Å². The molecule has 1 aliphatic rings. The van der Waals surface area contributed by atoms with E-state index in [2.05, 4.69) is 48.0 Å². The van der Waals surface area contributed by atoms with E-state index in [0.29, 0.717) is 16.9 Å². The van der Waals surface area contributed by atoms with Gasteiger partial charge in [-0.1, -0.05) is 26.8 Å². The Labute approximate surface area is 200 Å². The van der Waals surface area contributed by atoms with Gasteiger partial charge in [0.05, 0.1) is 23.1 Å². The first-order valence-corrected chi connectivity index (χ1v) is 11.5. The fraction of sp³-hybridized carbons (Fsp3) is 0.385. The Kier molecular flexibility index (Phi) is 6.17. The molecule has 2 amide bonds. The third kappa shape index (κ3) is 4.81. The van der Waals surface area contributed by atoms with Gasteiger partial charge in [-0.3, -0.25) is 19.3 Å². The van der Waals surface area contributed by atoms with Crippen molar-refractivity contribution in [2.75, 3.05) is 23.3 Å². The van der Waals surface area contributed by atoms with Gasteiger partial charge in [-0.25, -0.2) is 0 Å². The molecule has 178 valence electrons. The summed E-state index contributed by atoms with van der Waals surface area (Å²) in [6.45, 7) is 9.99. The van der Waals surface area contributed by atoms with Crippen molar-refractivity contribution in [2.45, 2.75) is 45.4 Å². The summed E-state index contributed by atoms with van der Waals surface area (Å²) in [7, 11) is 1.83. The lowest BCUT2D eigenvalue weighted by molar-refractivity contribution is 0.0997. The maximum Gasteiger partial charge on any atom is 0.256 e. The number of aryl methyl sites for hydroxylation is 2. The molecule has 34 heavy (non-hydrogen) atoms. The number of primary amides is 1. The van der Waals surface area contributed by atoms with Crippen LogP contribution in [0, 0.1) is 6.92 Å². The zero-order chi connectivity index (χ0) is 24.6. The molecule has 3 heterocycles. The highest BCUT2D eigenvalue weighted by molar-refractivity contribution is 6.04. The molecule has 8 heteroatoms. The Hall–Kier alpha value is -3.68. The number of carbonyl (C=O) groups excluding carboxylic acids is 2. The van der Waals surface area contributed by atoms with E-state index in [4.69, 9.17) is 5.73 Å². The second kappa shape index (κ2) is 8.93. The summed E-state index contributed by atoms with van der Waals surface area (Å²) < 4.78 is 1.71. The molecule has 8 nitrogen and oxygen atoms in total. The van der Waals surface area contributed by atoms with Crippen LogP contribution in [0.3, 0.4) is 0 Å². The van der Waals surface area contributed by atoms with E-state index in [9.17, 15) is 9.59 Å². The van der Waals surface area contributed by atoms with Gasteiger partial charge in [0, 0.05) is 49.3 Å². The van der Waals surface area contributed by atoms with Crippen LogP contribution >= 0.6 is 0 Å². The van der Waals surface area contributed by atoms with Gasteiger partial charge in [-0.2, -0.15) is 5.10 Å². The van der Waals surface area contributed by atoms with Gasteiger partial charge < -0.3 is 16.0 Å². The van der Waals surface area contributed by atoms with Crippen LogP contribution in [0.2, 0.25) is 0 Å². The number of benzene rings is 1. The Bertz CT molecular complexity index is 1240. The molecular formula is C26H32N6O2. The van der Waals surface area contributed by atoms with Gasteiger partial charge in [0.1, 0.15) is 5.82 Å². The van der Waals surface area contributed by atoms with Crippen molar-refractivity contribution in [3.8, 4) is 0 Å². The van der Waals surface area contributed by atoms with Crippen LogP contribution in [-0.4, -0.2) is 39.7 Å². The summed E-state index contributed by atoms with van der Waals surface area (Å²) >= 11 is 0. The molecule has 3 aromatic rings. The number of hydrogen-bond donors (Lipinski definition) is 2. The van der Waals surface area contributed by atoms with Crippen LogP contribution in [0.4, 0.5) is 11.5 Å². The number of nitrogens with zero attached hydrogens (tertiary/aromatic N) is 4. The monoisotopic (exact) mass is 460 g/mol. The topological polar surface area (TPSA) is 106 Å². The lowest BCUT2D eigenvalue weighted by Crippen LogP contribution is -2.21. The van der Waals surface area contributed by atoms with Crippen molar-refractivity contribution in [3.63, 3.8) is 0 Å². The quantitative estimate of drug-likeness (QED) is 0.603.